The third-order valence-electron chi connectivity index (χ3n) is 7.50. The van der Waals surface area contributed by atoms with E-state index in [1.54, 1.807) is 18.5 Å². The molecule has 0 saturated carbocycles. The summed E-state index contributed by atoms with van der Waals surface area (Å²) in [6, 6.07) is 31.0. The van der Waals surface area contributed by atoms with Gasteiger partial charge in [-0.05, 0) is 47.5 Å². The van der Waals surface area contributed by atoms with E-state index in [0.717, 1.165) is 35.0 Å². The lowest BCUT2D eigenvalue weighted by atomic mass is 10.1. The van der Waals surface area contributed by atoms with Crippen LogP contribution in [0.5, 0.6) is 11.5 Å². The van der Waals surface area contributed by atoms with Crippen molar-refractivity contribution < 1.29 is 33.0 Å². The lowest BCUT2D eigenvalue weighted by Gasteiger charge is -2.13. The van der Waals surface area contributed by atoms with Crippen LogP contribution in [0.3, 0.4) is 0 Å². The van der Waals surface area contributed by atoms with Crippen LogP contribution in [0.4, 0.5) is 23.4 Å². The van der Waals surface area contributed by atoms with Crippen molar-refractivity contribution in [2.75, 3.05) is 17.3 Å². The van der Waals surface area contributed by atoms with E-state index < -0.39 is 23.6 Å². The Labute approximate surface area is 320 Å². The second-order valence-corrected chi connectivity index (χ2v) is 13.0. The number of nitriles is 2. The van der Waals surface area contributed by atoms with Gasteiger partial charge in [0.25, 0.3) is 11.8 Å². The Hall–Kier alpha value is -7.07. The van der Waals surface area contributed by atoms with Crippen LogP contribution in [0.2, 0.25) is 0 Å². The van der Waals surface area contributed by atoms with Crippen LogP contribution in [0.15, 0.2) is 125 Å². The molecule has 0 saturated heterocycles. The first-order valence-corrected chi connectivity index (χ1v) is 17.7. The first kappa shape index (κ1) is 39.1. The number of hydrogen-bond donors (Lipinski definition) is 3. The fraction of sp³-hybridized carbons (Fsp3) is 0.0500. The number of nitrogens with one attached hydrogen (secondary N) is 1. The van der Waals surface area contributed by atoms with E-state index in [-0.39, 0.29) is 33.3 Å². The fourth-order valence-corrected chi connectivity index (χ4v) is 6.24. The molecule has 274 valence electrons. The molecule has 2 amide bonds. The monoisotopic (exact) mass is 776 g/mol. The molecule has 0 aliphatic carbocycles. The molecule has 3 N–H and O–H groups in total. The summed E-state index contributed by atoms with van der Waals surface area (Å²) in [5.41, 5.74) is 2.47. The van der Waals surface area contributed by atoms with E-state index in [1.807, 2.05) is 72.1 Å². The van der Waals surface area contributed by atoms with Gasteiger partial charge in [-0.2, -0.15) is 23.7 Å². The number of phenols is 2. The van der Waals surface area contributed by atoms with E-state index in [2.05, 4.69) is 15.3 Å². The van der Waals surface area contributed by atoms with Gasteiger partial charge in [-0.3, -0.25) is 19.8 Å². The maximum atomic E-state index is 12.8. The van der Waals surface area contributed by atoms with Crippen LogP contribution in [0.1, 0.15) is 16.7 Å². The molecule has 6 rings (SSSR count). The summed E-state index contributed by atoms with van der Waals surface area (Å²) >= 11 is 2.49. The molecule has 15 heteroatoms. The molecule has 6 aromatic rings. The number of alkyl halides is 3. The zero-order chi connectivity index (χ0) is 39.5. The summed E-state index contributed by atoms with van der Waals surface area (Å²) < 4.78 is 38.4. The summed E-state index contributed by atoms with van der Waals surface area (Å²) in [5.74, 6) is -1.85. The van der Waals surface area contributed by atoms with Crippen molar-refractivity contribution in [2.24, 2.45) is 0 Å². The molecule has 0 unspecified atom stereocenters. The average Bonchev–Trinajstić information content (AvgIpc) is 3.88. The molecule has 2 heterocycles. The number of carbonyl (C=O) groups is 2. The first-order valence-electron chi connectivity index (χ1n) is 15.9. The zero-order valence-electron chi connectivity index (χ0n) is 28.5. The molecule has 0 fully saturated rings. The Morgan fingerprint density at radius 2 is 1.33 bits per heavy atom. The topological polar surface area (TPSA) is 163 Å². The van der Waals surface area contributed by atoms with E-state index in [4.69, 9.17) is 0 Å². The van der Waals surface area contributed by atoms with Gasteiger partial charge in [0.2, 0.25) is 0 Å². The molecule has 0 bridgehead atoms. The predicted molar refractivity (Wildman–Crippen MR) is 206 cm³/mol. The maximum absolute atomic E-state index is 12.8. The van der Waals surface area contributed by atoms with Gasteiger partial charge in [0.1, 0.15) is 23.3 Å². The molecule has 0 atom stereocenters. The number of benzene rings is 4. The highest BCUT2D eigenvalue weighted by molar-refractivity contribution is 7.14. The van der Waals surface area contributed by atoms with Crippen molar-refractivity contribution in [1.82, 2.24) is 9.97 Å². The predicted octanol–water partition coefficient (Wildman–Crippen LogP) is 9.17. The van der Waals surface area contributed by atoms with Gasteiger partial charge in [0, 0.05) is 28.9 Å². The van der Waals surface area contributed by atoms with Crippen molar-refractivity contribution in [3.05, 3.63) is 142 Å². The number of likely N-dealkylation sites (N-methyl/N-ethyl adjacent to an activating group) is 1. The quantitative estimate of drug-likeness (QED) is 0.0783. The number of thiazole rings is 2. The zero-order valence-corrected chi connectivity index (χ0v) is 30.2. The van der Waals surface area contributed by atoms with E-state index in [9.17, 15) is 43.5 Å². The fourth-order valence-electron chi connectivity index (χ4n) is 4.72. The number of phenolic OH excluding ortho intramolecular Hbond substituents is 2. The Kier molecular flexibility index (Phi) is 12.5. The molecule has 0 aliphatic heterocycles. The van der Waals surface area contributed by atoms with E-state index >= 15 is 0 Å². The average molecular weight is 777 g/mol. The standard InChI is InChI=1S/C20H12F3N3OS.C20H15N3O3S/c21-20(22,23)16-8-4-5-13(10-16)9-15(11-24)18(27)26-19-25-17(12-28-19)14-6-2-1-3-7-14;1-23(20-22-16(12-27-20)14-5-3-2-4-6-14)19(26)15(11-21)9-13-7-8-17(24)18(25)10-13/h1-10,12H,(H,25,26,27);2-10,12,24-25H,1H3/b2*15-9+. The maximum Gasteiger partial charge on any atom is 0.416 e. The van der Waals surface area contributed by atoms with Crippen molar-refractivity contribution in [3.63, 3.8) is 0 Å². The number of carbonyl (C=O) groups excluding carboxylic acids is 2. The van der Waals surface area contributed by atoms with Gasteiger partial charge in [-0.15, -0.1) is 22.7 Å². The highest BCUT2D eigenvalue weighted by Crippen LogP contribution is 2.31. The van der Waals surface area contributed by atoms with Crippen LogP contribution in [0, 0.1) is 22.7 Å². The van der Waals surface area contributed by atoms with Crippen molar-refractivity contribution >= 4 is 56.9 Å². The summed E-state index contributed by atoms with van der Waals surface area (Å²) in [7, 11) is 1.55. The van der Waals surface area contributed by atoms with Crippen LogP contribution >= 0.6 is 22.7 Å². The molecular weight excluding hydrogens is 750 g/mol. The van der Waals surface area contributed by atoms with Crippen molar-refractivity contribution in [3.8, 4) is 46.2 Å². The highest BCUT2D eigenvalue weighted by Gasteiger charge is 2.30. The Morgan fingerprint density at radius 3 is 1.93 bits per heavy atom. The first-order chi connectivity index (χ1) is 26.4. The van der Waals surface area contributed by atoms with E-state index in [1.165, 1.54) is 64.0 Å². The van der Waals surface area contributed by atoms with Gasteiger partial charge in [0.15, 0.2) is 21.8 Å². The highest BCUT2D eigenvalue weighted by atomic mass is 32.1. The largest absolute Gasteiger partial charge is 0.504 e. The summed E-state index contributed by atoms with van der Waals surface area (Å²) in [5, 5.41) is 44.4. The van der Waals surface area contributed by atoms with Crippen LogP contribution in [-0.2, 0) is 15.8 Å². The van der Waals surface area contributed by atoms with Gasteiger partial charge in [-0.25, -0.2) is 9.97 Å². The molecule has 0 spiro atoms. The van der Waals surface area contributed by atoms with Gasteiger partial charge in [-0.1, -0.05) is 78.9 Å². The molecule has 0 aliphatic rings. The van der Waals surface area contributed by atoms with Gasteiger partial charge >= 0.3 is 6.18 Å². The minimum atomic E-state index is -4.51. The molecule has 4 aromatic carbocycles. The summed E-state index contributed by atoms with van der Waals surface area (Å²) in [6.07, 6.45) is -2.05. The second-order valence-electron chi connectivity index (χ2n) is 11.3. The number of halogens is 3. The van der Waals surface area contributed by atoms with Gasteiger partial charge < -0.3 is 10.2 Å². The lowest BCUT2D eigenvalue weighted by molar-refractivity contribution is -0.137. The summed E-state index contributed by atoms with van der Waals surface area (Å²) in [6.45, 7) is 0. The minimum absolute atomic E-state index is 0.102. The molecule has 55 heavy (non-hydrogen) atoms. The number of aromatic nitrogens is 2. The van der Waals surface area contributed by atoms with Crippen LogP contribution in [-0.4, -0.2) is 39.0 Å². The molecule has 0 radical (unpaired) electrons. The number of aromatic hydroxyl groups is 2. The smallest absolute Gasteiger partial charge is 0.416 e. The Bertz CT molecular complexity index is 2470. The van der Waals surface area contributed by atoms with Gasteiger partial charge in [0.05, 0.1) is 17.0 Å². The number of rotatable bonds is 8. The molecule has 10 nitrogen and oxygen atoms in total. The molecular formula is C40H27F3N6O4S2. The normalized spacial score (nSPS) is 11.4. The third kappa shape index (κ3) is 10.3. The minimum Gasteiger partial charge on any atom is -0.504 e. The summed E-state index contributed by atoms with van der Waals surface area (Å²) in [4.78, 5) is 35.1. The number of amides is 2. The Morgan fingerprint density at radius 1 is 0.745 bits per heavy atom. The number of anilines is 2. The SMILES string of the molecule is CN(C(=O)/C(C#N)=C/c1ccc(O)c(O)c1)c1nc(-c2ccccc2)cs1.N#C/C(=C\c1cccc(C(F)(F)F)c1)C(=O)Nc1nc(-c2ccccc2)cs1. The number of hydrogen-bond acceptors (Lipinski definition) is 10. The van der Waals surface area contributed by atoms with E-state index in [0.29, 0.717) is 16.4 Å². The van der Waals surface area contributed by atoms with Crippen LogP contribution in [0.25, 0.3) is 34.7 Å². The third-order valence-corrected chi connectivity index (χ3v) is 9.17. The Balaban J connectivity index is 0.000000211. The lowest BCUT2D eigenvalue weighted by Crippen LogP contribution is -2.27. The second kappa shape index (κ2) is 17.6. The molecule has 2 aromatic heterocycles. The van der Waals surface area contributed by atoms with Crippen molar-refractivity contribution in [2.45, 2.75) is 6.18 Å². The van der Waals surface area contributed by atoms with Crippen LogP contribution < -0.4 is 10.2 Å². The van der Waals surface area contributed by atoms with Crippen molar-refractivity contribution in [1.29, 1.82) is 10.5 Å². The number of nitrogens with zero attached hydrogens (tertiary/aromatic N) is 5.